The Morgan fingerprint density at radius 1 is 1.10 bits per heavy atom. The van der Waals surface area contributed by atoms with Crippen LogP contribution in [0.15, 0.2) is 47.4 Å². The molecular formula is C17H16ClNOS. The molecule has 2 nitrogen and oxygen atoms in total. The smallest absolute Gasteiger partial charge is 0.124 e. The first-order valence-electron chi connectivity index (χ1n) is 7.21. The molecule has 0 aliphatic carbocycles. The fourth-order valence-corrected chi connectivity index (χ4v) is 4.37. The van der Waals surface area contributed by atoms with Crippen molar-refractivity contribution in [3.05, 3.63) is 58.6 Å². The second kappa shape index (κ2) is 5.56. The summed E-state index contributed by atoms with van der Waals surface area (Å²) in [7, 11) is 0. The Labute approximate surface area is 133 Å². The van der Waals surface area contributed by atoms with Gasteiger partial charge in [0, 0.05) is 21.5 Å². The van der Waals surface area contributed by atoms with E-state index < -0.39 is 0 Å². The molecule has 1 N–H and O–H groups in total. The van der Waals surface area contributed by atoms with Crippen LogP contribution in [0.1, 0.15) is 29.6 Å². The van der Waals surface area contributed by atoms with E-state index in [9.17, 15) is 0 Å². The lowest BCUT2D eigenvalue weighted by molar-refractivity contribution is 0.295. The minimum absolute atomic E-state index is 0.265. The van der Waals surface area contributed by atoms with Gasteiger partial charge in [-0.25, -0.2) is 0 Å². The van der Waals surface area contributed by atoms with Gasteiger partial charge in [0.15, 0.2) is 0 Å². The monoisotopic (exact) mass is 317 g/mol. The number of halogens is 1. The predicted molar refractivity (Wildman–Crippen MR) is 87.3 cm³/mol. The van der Waals surface area contributed by atoms with Gasteiger partial charge in [0.2, 0.25) is 0 Å². The highest BCUT2D eigenvalue weighted by Crippen LogP contribution is 2.40. The first-order valence-corrected chi connectivity index (χ1v) is 8.57. The van der Waals surface area contributed by atoms with Crippen LogP contribution >= 0.6 is 23.4 Å². The van der Waals surface area contributed by atoms with Crippen LogP contribution in [0.25, 0.3) is 0 Å². The van der Waals surface area contributed by atoms with Gasteiger partial charge in [-0.1, -0.05) is 29.8 Å². The van der Waals surface area contributed by atoms with Crippen LogP contribution in [-0.4, -0.2) is 12.4 Å². The van der Waals surface area contributed by atoms with E-state index in [1.54, 1.807) is 0 Å². The third kappa shape index (κ3) is 2.54. The summed E-state index contributed by atoms with van der Waals surface area (Å²) in [5.74, 6) is 2.15. The lowest BCUT2D eigenvalue weighted by atomic mass is 10.0. The molecule has 0 radical (unpaired) electrons. The van der Waals surface area contributed by atoms with Crippen LogP contribution < -0.4 is 10.1 Å². The molecule has 2 aliphatic heterocycles. The number of hydrogen-bond acceptors (Lipinski definition) is 3. The molecule has 4 rings (SSSR count). The molecule has 2 heterocycles. The molecule has 2 aliphatic rings. The minimum Gasteiger partial charge on any atom is -0.491 e. The SMILES string of the molecule is Clc1ccc2c(c1)C(NC1COc3ccccc31)CCS2. The van der Waals surface area contributed by atoms with Crippen molar-refractivity contribution in [3.63, 3.8) is 0 Å². The van der Waals surface area contributed by atoms with E-state index in [0.717, 1.165) is 22.9 Å². The predicted octanol–water partition coefficient (Wildman–Crippen LogP) is 4.60. The average molecular weight is 318 g/mol. The van der Waals surface area contributed by atoms with E-state index in [2.05, 4.69) is 29.6 Å². The summed E-state index contributed by atoms with van der Waals surface area (Å²) in [5.41, 5.74) is 2.59. The summed E-state index contributed by atoms with van der Waals surface area (Å²) >= 11 is 8.09. The van der Waals surface area contributed by atoms with Crippen molar-refractivity contribution in [1.82, 2.24) is 5.32 Å². The summed E-state index contributed by atoms with van der Waals surface area (Å²) in [6.45, 7) is 0.707. The molecule has 0 fully saturated rings. The van der Waals surface area contributed by atoms with E-state index in [1.165, 1.54) is 16.0 Å². The minimum atomic E-state index is 0.265. The molecule has 0 bridgehead atoms. The number of thioether (sulfide) groups is 1. The maximum Gasteiger partial charge on any atom is 0.124 e. The highest BCUT2D eigenvalue weighted by atomic mass is 35.5. The molecule has 108 valence electrons. The number of para-hydroxylation sites is 1. The molecule has 2 atom stereocenters. The summed E-state index contributed by atoms with van der Waals surface area (Å²) in [5, 5.41) is 4.57. The van der Waals surface area contributed by atoms with Crippen molar-refractivity contribution in [2.45, 2.75) is 23.4 Å². The Balaban J connectivity index is 1.61. The van der Waals surface area contributed by atoms with E-state index in [-0.39, 0.29) is 6.04 Å². The highest BCUT2D eigenvalue weighted by molar-refractivity contribution is 7.99. The zero-order valence-corrected chi connectivity index (χ0v) is 13.1. The maximum atomic E-state index is 6.18. The first kappa shape index (κ1) is 13.5. The Morgan fingerprint density at radius 3 is 2.95 bits per heavy atom. The fraction of sp³-hybridized carbons (Fsp3) is 0.294. The van der Waals surface area contributed by atoms with Gasteiger partial charge >= 0.3 is 0 Å². The summed E-state index contributed by atoms with van der Waals surface area (Å²) in [6, 6.07) is 15.1. The van der Waals surface area contributed by atoms with Gasteiger partial charge in [0.05, 0.1) is 6.04 Å². The number of hydrogen-bond donors (Lipinski definition) is 1. The standard InChI is InChI=1S/C17H16ClNOS/c18-11-5-6-17-13(9-11)14(7-8-21-17)19-15-10-20-16-4-2-1-3-12(15)16/h1-6,9,14-15,19H,7-8,10H2. The Morgan fingerprint density at radius 2 is 2.00 bits per heavy atom. The van der Waals surface area contributed by atoms with Crippen molar-refractivity contribution in [2.24, 2.45) is 0 Å². The van der Waals surface area contributed by atoms with Crippen LogP contribution in [0.2, 0.25) is 5.02 Å². The third-order valence-electron chi connectivity index (χ3n) is 4.11. The molecule has 0 spiro atoms. The topological polar surface area (TPSA) is 21.3 Å². The molecule has 2 aromatic rings. The number of fused-ring (bicyclic) bond motifs is 2. The highest BCUT2D eigenvalue weighted by Gasteiger charge is 2.29. The van der Waals surface area contributed by atoms with Crippen molar-refractivity contribution >= 4 is 23.4 Å². The quantitative estimate of drug-likeness (QED) is 0.874. The van der Waals surface area contributed by atoms with Crippen molar-refractivity contribution in [1.29, 1.82) is 0 Å². The Kier molecular flexibility index (Phi) is 3.57. The molecule has 4 heteroatoms. The van der Waals surface area contributed by atoms with Crippen LogP contribution in [0.4, 0.5) is 0 Å². The molecular weight excluding hydrogens is 302 g/mol. The zero-order valence-electron chi connectivity index (χ0n) is 11.5. The van der Waals surface area contributed by atoms with E-state index in [4.69, 9.17) is 16.3 Å². The van der Waals surface area contributed by atoms with Crippen molar-refractivity contribution in [3.8, 4) is 5.75 Å². The van der Waals surface area contributed by atoms with Gasteiger partial charge in [0.1, 0.15) is 12.4 Å². The average Bonchev–Trinajstić information content (AvgIpc) is 2.91. The summed E-state index contributed by atoms with van der Waals surface area (Å²) < 4.78 is 5.77. The molecule has 0 saturated heterocycles. The second-order valence-corrected chi connectivity index (χ2v) is 7.01. The van der Waals surface area contributed by atoms with Crippen LogP contribution in [-0.2, 0) is 0 Å². The van der Waals surface area contributed by atoms with Crippen LogP contribution in [0.5, 0.6) is 5.75 Å². The first-order chi connectivity index (χ1) is 10.3. The van der Waals surface area contributed by atoms with Gasteiger partial charge < -0.3 is 4.74 Å². The fourth-order valence-electron chi connectivity index (χ4n) is 3.08. The third-order valence-corrected chi connectivity index (χ3v) is 5.47. The lowest BCUT2D eigenvalue weighted by Gasteiger charge is -2.28. The largest absolute Gasteiger partial charge is 0.491 e. The summed E-state index contributed by atoms with van der Waals surface area (Å²) in [4.78, 5) is 1.34. The second-order valence-electron chi connectivity index (χ2n) is 5.44. The molecule has 0 aromatic heterocycles. The molecule has 0 amide bonds. The number of nitrogens with one attached hydrogen (secondary N) is 1. The van der Waals surface area contributed by atoms with E-state index >= 15 is 0 Å². The number of rotatable bonds is 2. The number of ether oxygens (including phenoxy) is 1. The maximum absolute atomic E-state index is 6.18. The van der Waals surface area contributed by atoms with Gasteiger partial charge in [-0.2, -0.15) is 0 Å². The van der Waals surface area contributed by atoms with Crippen molar-refractivity contribution in [2.75, 3.05) is 12.4 Å². The van der Waals surface area contributed by atoms with E-state index in [0.29, 0.717) is 12.6 Å². The molecule has 0 saturated carbocycles. The molecule has 2 aromatic carbocycles. The lowest BCUT2D eigenvalue weighted by Crippen LogP contribution is -2.29. The van der Waals surface area contributed by atoms with Gasteiger partial charge in [0.25, 0.3) is 0 Å². The van der Waals surface area contributed by atoms with Gasteiger partial charge in [-0.15, -0.1) is 11.8 Å². The normalized spacial score (nSPS) is 23.3. The number of benzene rings is 2. The zero-order chi connectivity index (χ0) is 14.2. The summed E-state index contributed by atoms with van der Waals surface area (Å²) in [6.07, 6.45) is 1.12. The van der Waals surface area contributed by atoms with E-state index in [1.807, 2.05) is 30.0 Å². The van der Waals surface area contributed by atoms with Crippen LogP contribution in [0, 0.1) is 0 Å². The van der Waals surface area contributed by atoms with Gasteiger partial charge in [-0.05, 0) is 42.0 Å². The Hall–Kier alpha value is -1.16. The molecule has 21 heavy (non-hydrogen) atoms. The Bertz CT molecular complexity index is 676. The van der Waals surface area contributed by atoms with Gasteiger partial charge in [-0.3, -0.25) is 5.32 Å². The van der Waals surface area contributed by atoms with Crippen LogP contribution in [0.3, 0.4) is 0 Å². The molecule has 2 unspecified atom stereocenters. The van der Waals surface area contributed by atoms with Crippen molar-refractivity contribution < 1.29 is 4.74 Å².